The molecule has 2 amide bonds. The van der Waals surface area contributed by atoms with Crippen LogP contribution in [0.1, 0.15) is 43.7 Å². The molecule has 3 rings (SSSR count). The number of hydrogen-bond donors (Lipinski definition) is 1. The second-order valence-electron chi connectivity index (χ2n) is 7.79. The fourth-order valence-electron chi connectivity index (χ4n) is 3.67. The van der Waals surface area contributed by atoms with Crippen molar-refractivity contribution in [1.82, 2.24) is 10.2 Å². The standard InChI is InChI=1S/C24H29FN2O2S/c1-18(24(29)26-22-9-5-6-10-22)27(15-19-7-3-2-4-8-19)23(28)17-30-16-20-11-13-21(25)14-12-20/h2-4,7-8,11-14,18,22H,5-6,9-10,15-17H2,1H3,(H,26,29)/t18-/m0/s1. The Morgan fingerprint density at radius 3 is 2.40 bits per heavy atom. The Bertz CT molecular complexity index is 823. The number of nitrogens with one attached hydrogen (secondary N) is 1. The first-order valence-corrected chi connectivity index (χ1v) is 11.6. The van der Waals surface area contributed by atoms with Gasteiger partial charge in [0.2, 0.25) is 11.8 Å². The number of carbonyl (C=O) groups is 2. The molecule has 2 aromatic rings. The number of rotatable bonds is 9. The first-order valence-electron chi connectivity index (χ1n) is 10.5. The number of benzene rings is 2. The zero-order valence-corrected chi connectivity index (χ0v) is 18.2. The van der Waals surface area contributed by atoms with E-state index in [-0.39, 0.29) is 29.4 Å². The van der Waals surface area contributed by atoms with Gasteiger partial charge in [-0.1, -0.05) is 55.3 Å². The molecule has 1 fully saturated rings. The van der Waals surface area contributed by atoms with Crippen molar-refractivity contribution in [2.24, 2.45) is 0 Å². The Balaban J connectivity index is 1.62. The Morgan fingerprint density at radius 1 is 1.07 bits per heavy atom. The van der Waals surface area contributed by atoms with Crippen LogP contribution in [0.5, 0.6) is 0 Å². The molecule has 0 aliphatic heterocycles. The highest BCUT2D eigenvalue weighted by Gasteiger charge is 2.28. The van der Waals surface area contributed by atoms with E-state index in [1.54, 1.807) is 24.0 Å². The summed E-state index contributed by atoms with van der Waals surface area (Å²) in [4.78, 5) is 27.5. The fourth-order valence-corrected chi connectivity index (χ4v) is 4.55. The van der Waals surface area contributed by atoms with Crippen LogP contribution in [-0.2, 0) is 21.9 Å². The van der Waals surface area contributed by atoms with Crippen LogP contribution >= 0.6 is 11.8 Å². The van der Waals surface area contributed by atoms with Crippen LogP contribution in [-0.4, -0.2) is 34.6 Å². The highest BCUT2D eigenvalue weighted by Crippen LogP contribution is 2.19. The number of amides is 2. The van der Waals surface area contributed by atoms with E-state index in [1.165, 1.54) is 23.9 Å². The van der Waals surface area contributed by atoms with Gasteiger partial charge in [0.1, 0.15) is 11.9 Å². The van der Waals surface area contributed by atoms with E-state index < -0.39 is 6.04 Å². The zero-order valence-electron chi connectivity index (χ0n) is 17.4. The molecule has 1 atom stereocenters. The van der Waals surface area contributed by atoms with Crippen molar-refractivity contribution in [3.05, 3.63) is 71.5 Å². The molecule has 1 aliphatic carbocycles. The highest BCUT2D eigenvalue weighted by molar-refractivity contribution is 7.99. The van der Waals surface area contributed by atoms with Crippen LogP contribution in [0.2, 0.25) is 0 Å². The lowest BCUT2D eigenvalue weighted by molar-refractivity contribution is -0.138. The highest BCUT2D eigenvalue weighted by atomic mass is 32.2. The third-order valence-corrected chi connectivity index (χ3v) is 6.46. The van der Waals surface area contributed by atoms with Crippen molar-refractivity contribution in [2.45, 2.75) is 57.0 Å². The van der Waals surface area contributed by atoms with E-state index >= 15 is 0 Å². The molecule has 4 nitrogen and oxygen atoms in total. The maximum Gasteiger partial charge on any atom is 0.242 e. The molecule has 1 saturated carbocycles. The van der Waals surface area contributed by atoms with E-state index in [4.69, 9.17) is 0 Å². The van der Waals surface area contributed by atoms with Crippen LogP contribution in [0.25, 0.3) is 0 Å². The van der Waals surface area contributed by atoms with Gasteiger partial charge in [0.15, 0.2) is 0 Å². The van der Waals surface area contributed by atoms with Crippen LogP contribution in [0.4, 0.5) is 4.39 Å². The topological polar surface area (TPSA) is 49.4 Å². The van der Waals surface area contributed by atoms with Gasteiger partial charge >= 0.3 is 0 Å². The summed E-state index contributed by atoms with van der Waals surface area (Å²) in [6, 6.07) is 15.7. The van der Waals surface area contributed by atoms with Crippen LogP contribution in [0, 0.1) is 5.82 Å². The Labute approximate surface area is 182 Å². The number of carbonyl (C=O) groups excluding carboxylic acids is 2. The van der Waals surface area contributed by atoms with Crippen molar-refractivity contribution in [3.63, 3.8) is 0 Å². The quantitative estimate of drug-likeness (QED) is 0.638. The first kappa shape index (κ1) is 22.3. The monoisotopic (exact) mass is 428 g/mol. The predicted molar refractivity (Wildman–Crippen MR) is 119 cm³/mol. The molecule has 30 heavy (non-hydrogen) atoms. The lowest BCUT2D eigenvalue weighted by Crippen LogP contribution is -2.50. The molecule has 0 bridgehead atoms. The van der Waals surface area contributed by atoms with E-state index in [2.05, 4.69) is 5.32 Å². The average molecular weight is 429 g/mol. The third-order valence-electron chi connectivity index (χ3n) is 5.47. The molecule has 0 aromatic heterocycles. The lowest BCUT2D eigenvalue weighted by Gasteiger charge is -2.29. The smallest absolute Gasteiger partial charge is 0.242 e. The molecule has 0 unspecified atom stereocenters. The van der Waals surface area contributed by atoms with E-state index in [9.17, 15) is 14.0 Å². The molecule has 1 aliphatic rings. The summed E-state index contributed by atoms with van der Waals surface area (Å²) in [6.45, 7) is 2.20. The summed E-state index contributed by atoms with van der Waals surface area (Å²) in [6.07, 6.45) is 4.31. The molecule has 0 radical (unpaired) electrons. The maximum atomic E-state index is 13.1. The summed E-state index contributed by atoms with van der Waals surface area (Å²) in [5.41, 5.74) is 1.96. The van der Waals surface area contributed by atoms with E-state index in [1.807, 2.05) is 30.3 Å². The van der Waals surface area contributed by atoms with Gasteiger partial charge in [-0.3, -0.25) is 9.59 Å². The molecule has 0 heterocycles. The largest absolute Gasteiger partial charge is 0.352 e. The van der Waals surface area contributed by atoms with Crippen LogP contribution in [0.15, 0.2) is 54.6 Å². The summed E-state index contributed by atoms with van der Waals surface area (Å²) in [5.74, 6) is 0.463. The Morgan fingerprint density at radius 2 is 1.73 bits per heavy atom. The van der Waals surface area contributed by atoms with Crippen LogP contribution < -0.4 is 5.32 Å². The minimum Gasteiger partial charge on any atom is -0.352 e. The second-order valence-corrected chi connectivity index (χ2v) is 8.78. The van der Waals surface area contributed by atoms with Gasteiger partial charge < -0.3 is 10.2 Å². The summed E-state index contributed by atoms with van der Waals surface area (Å²) >= 11 is 1.48. The summed E-state index contributed by atoms with van der Waals surface area (Å²) in [7, 11) is 0. The summed E-state index contributed by atoms with van der Waals surface area (Å²) < 4.78 is 13.1. The SMILES string of the molecule is C[C@@H](C(=O)NC1CCCC1)N(Cc1ccccc1)C(=O)CSCc1ccc(F)cc1. The predicted octanol–water partition coefficient (Wildman–Crippen LogP) is 4.54. The van der Waals surface area contributed by atoms with Crippen molar-refractivity contribution >= 4 is 23.6 Å². The Kier molecular flexibility index (Phi) is 8.31. The van der Waals surface area contributed by atoms with Gasteiger partial charge in [0, 0.05) is 18.3 Å². The van der Waals surface area contributed by atoms with Gasteiger partial charge in [-0.2, -0.15) is 0 Å². The lowest BCUT2D eigenvalue weighted by atomic mass is 10.1. The first-order chi connectivity index (χ1) is 14.5. The van der Waals surface area contributed by atoms with Crippen molar-refractivity contribution in [1.29, 1.82) is 0 Å². The van der Waals surface area contributed by atoms with E-state index in [0.29, 0.717) is 12.3 Å². The van der Waals surface area contributed by atoms with E-state index in [0.717, 1.165) is 36.8 Å². The molecule has 0 spiro atoms. The van der Waals surface area contributed by atoms with Gasteiger partial charge in [0.25, 0.3) is 0 Å². The fraction of sp³-hybridized carbons (Fsp3) is 0.417. The maximum absolute atomic E-state index is 13.1. The van der Waals surface area contributed by atoms with Gasteiger partial charge in [-0.25, -0.2) is 4.39 Å². The average Bonchev–Trinajstić information content (AvgIpc) is 3.26. The molecule has 1 N–H and O–H groups in total. The normalized spacial score (nSPS) is 15.0. The molecular formula is C24H29FN2O2S. The minimum atomic E-state index is -0.537. The number of thioether (sulfide) groups is 1. The molecule has 160 valence electrons. The Hall–Kier alpha value is -2.34. The van der Waals surface area contributed by atoms with Gasteiger partial charge in [-0.15, -0.1) is 11.8 Å². The number of hydrogen-bond acceptors (Lipinski definition) is 3. The second kappa shape index (κ2) is 11.2. The zero-order chi connectivity index (χ0) is 21.3. The molecule has 2 aromatic carbocycles. The third kappa shape index (κ3) is 6.59. The number of nitrogens with zero attached hydrogens (tertiary/aromatic N) is 1. The van der Waals surface area contributed by atoms with Crippen molar-refractivity contribution < 1.29 is 14.0 Å². The van der Waals surface area contributed by atoms with Gasteiger partial charge in [-0.05, 0) is 43.0 Å². The minimum absolute atomic E-state index is 0.0694. The summed E-state index contributed by atoms with van der Waals surface area (Å²) in [5, 5.41) is 3.11. The van der Waals surface area contributed by atoms with Crippen molar-refractivity contribution in [3.8, 4) is 0 Å². The van der Waals surface area contributed by atoms with Crippen LogP contribution in [0.3, 0.4) is 0 Å². The molecular weight excluding hydrogens is 399 g/mol. The number of halogens is 1. The van der Waals surface area contributed by atoms with Gasteiger partial charge in [0.05, 0.1) is 5.75 Å². The molecule has 6 heteroatoms. The molecule has 0 saturated heterocycles. The van der Waals surface area contributed by atoms with Crippen molar-refractivity contribution in [2.75, 3.05) is 5.75 Å².